The van der Waals surface area contributed by atoms with Gasteiger partial charge in [0.25, 0.3) is 0 Å². The Bertz CT molecular complexity index is 1930. The summed E-state index contributed by atoms with van der Waals surface area (Å²) in [4.78, 5) is 89.6. The Morgan fingerprint density at radius 1 is 0.593 bits per heavy atom. The van der Waals surface area contributed by atoms with E-state index in [0.717, 1.165) is 21.5 Å². The number of carbonyl (C=O) groups is 7. The molecule has 9 N–H and O–H groups in total. The number of carbonyl (C=O) groups excluding carboxylic acids is 6. The van der Waals surface area contributed by atoms with Crippen LogP contribution in [0.1, 0.15) is 51.4 Å². The number of carboxylic acid groups (broad SMARTS) is 1. The molecule has 1 saturated carbocycles. The van der Waals surface area contributed by atoms with Gasteiger partial charge >= 0.3 is 5.97 Å². The number of carboxylic acids is 1. The van der Waals surface area contributed by atoms with Gasteiger partial charge in [0.05, 0.1) is 0 Å². The number of nitrogens with two attached hydrogens (primary N) is 2. The summed E-state index contributed by atoms with van der Waals surface area (Å²) in [5, 5.41) is 24.3. The molecular formula is C40H44N6O8. The quantitative estimate of drug-likeness (QED) is 0.0895. The van der Waals surface area contributed by atoms with Gasteiger partial charge in [-0.2, -0.15) is 0 Å². The molecule has 4 aromatic carbocycles. The van der Waals surface area contributed by atoms with Crippen molar-refractivity contribution in [3.8, 4) is 0 Å². The van der Waals surface area contributed by atoms with Crippen LogP contribution in [0.5, 0.6) is 0 Å². The van der Waals surface area contributed by atoms with E-state index in [-0.39, 0.29) is 51.4 Å². The first-order valence-corrected chi connectivity index (χ1v) is 17.8. The van der Waals surface area contributed by atoms with Crippen LogP contribution in [0.3, 0.4) is 0 Å². The summed E-state index contributed by atoms with van der Waals surface area (Å²) >= 11 is 0. The number of benzene rings is 4. The molecule has 0 saturated heterocycles. The fourth-order valence-corrected chi connectivity index (χ4v) is 6.96. The molecule has 5 rings (SSSR count). The molecule has 6 amide bonds. The Labute approximate surface area is 311 Å². The molecule has 5 atom stereocenters. The summed E-state index contributed by atoms with van der Waals surface area (Å²) in [5.41, 5.74) is 11.7. The van der Waals surface area contributed by atoms with Crippen molar-refractivity contribution in [2.75, 3.05) is 10.6 Å². The van der Waals surface area contributed by atoms with E-state index >= 15 is 0 Å². The summed E-state index contributed by atoms with van der Waals surface area (Å²) in [6.07, 6.45) is -0.628. The maximum Gasteiger partial charge on any atom is 0.303 e. The van der Waals surface area contributed by atoms with E-state index in [4.69, 9.17) is 11.5 Å². The van der Waals surface area contributed by atoms with Crippen LogP contribution in [0.15, 0.2) is 84.9 Å². The van der Waals surface area contributed by atoms with Crippen LogP contribution in [-0.4, -0.2) is 58.6 Å². The minimum Gasteiger partial charge on any atom is -0.481 e. The van der Waals surface area contributed by atoms with Crippen LogP contribution >= 0.6 is 0 Å². The predicted octanol–water partition coefficient (Wildman–Crippen LogP) is 3.58. The first-order valence-electron chi connectivity index (χ1n) is 17.8. The lowest BCUT2D eigenvalue weighted by atomic mass is 9.73. The van der Waals surface area contributed by atoms with Gasteiger partial charge in [0.1, 0.15) is 12.1 Å². The van der Waals surface area contributed by atoms with Gasteiger partial charge in [-0.05, 0) is 83.8 Å². The normalized spacial score (nSPS) is 17.8. The molecule has 0 aromatic heterocycles. The molecule has 0 aliphatic heterocycles. The monoisotopic (exact) mass is 736 g/mol. The summed E-state index contributed by atoms with van der Waals surface area (Å²) < 4.78 is 0. The maximum atomic E-state index is 13.8. The van der Waals surface area contributed by atoms with Crippen LogP contribution in [0, 0.1) is 17.8 Å². The predicted molar refractivity (Wildman–Crippen MR) is 202 cm³/mol. The van der Waals surface area contributed by atoms with Gasteiger partial charge in [-0.25, -0.2) is 0 Å². The van der Waals surface area contributed by atoms with Gasteiger partial charge < -0.3 is 37.8 Å². The van der Waals surface area contributed by atoms with Crippen molar-refractivity contribution >= 4 is 74.3 Å². The number of fused-ring (bicyclic) bond motifs is 2. The average molecular weight is 737 g/mol. The van der Waals surface area contributed by atoms with Gasteiger partial charge in [-0.3, -0.25) is 33.6 Å². The standard InChI is InChI=1S/C40H44N6O8/c41-34(47)15-13-32(39(53)43-30-11-9-24-5-1-3-7-26(24)21-30)45-37(51)28-17-23(19-36(49)50)18-29(20-28)38(52)46-33(14-16-35(42)48)40(54)44-31-12-10-25-6-2-4-8-27(25)22-31/h1-12,21-23,28-29,32-33H,13-20H2,(H2,41,47)(H2,42,48)(H,43,53)(H,44,54)(H,45,51)(H,46,52)(H,49,50)/t23?,28-,29+,32-,33-/m0/s1. The lowest BCUT2D eigenvalue weighted by molar-refractivity contribution is -0.141. The second-order valence-electron chi connectivity index (χ2n) is 13.8. The van der Waals surface area contributed by atoms with Gasteiger partial charge in [0.2, 0.25) is 35.4 Å². The maximum absolute atomic E-state index is 13.8. The zero-order chi connectivity index (χ0) is 38.8. The zero-order valence-corrected chi connectivity index (χ0v) is 29.6. The molecule has 1 aliphatic rings. The van der Waals surface area contributed by atoms with Crippen LogP contribution in [0.25, 0.3) is 21.5 Å². The van der Waals surface area contributed by atoms with E-state index in [1.807, 2.05) is 60.7 Å². The molecule has 0 spiro atoms. The Balaban J connectivity index is 1.29. The van der Waals surface area contributed by atoms with E-state index in [9.17, 15) is 38.7 Å². The fourth-order valence-electron chi connectivity index (χ4n) is 6.96. The highest BCUT2D eigenvalue weighted by Gasteiger charge is 2.39. The molecule has 1 aliphatic carbocycles. The molecule has 14 heteroatoms. The molecule has 1 unspecified atom stereocenters. The molecule has 54 heavy (non-hydrogen) atoms. The Hall–Kier alpha value is -6.31. The van der Waals surface area contributed by atoms with Crippen molar-refractivity contribution in [2.45, 2.75) is 63.5 Å². The van der Waals surface area contributed by atoms with Crippen molar-refractivity contribution in [2.24, 2.45) is 29.2 Å². The Morgan fingerprint density at radius 2 is 1.00 bits per heavy atom. The fraction of sp³-hybridized carbons (Fsp3) is 0.325. The SMILES string of the molecule is NC(=O)CC[C@H](NC(=O)[C@@H]1CC(CC(=O)O)C[C@H](C(=O)N[C@@H](CCC(N)=O)C(=O)Nc2ccc3ccccc3c2)C1)C(=O)Nc1ccc2ccccc2c1. The topological polar surface area (TPSA) is 240 Å². The summed E-state index contributed by atoms with van der Waals surface area (Å²) in [6, 6.07) is 23.5. The Morgan fingerprint density at radius 3 is 1.39 bits per heavy atom. The minimum atomic E-state index is -1.17. The third kappa shape index (κ3) is 10.9. The van der Waals surface area contributed by atoms with E-state index in [0.29, 0.717) is 11.4 Å². The molecule has 282 valence electrons. The van der Waals surface area contributed by atoms with Crippen LogP contribution < -0.4 is 32.7 Å². The number of primary amides is 2. The minimum absolute atomic E-state index is 0.00253. The van der Waals surface area contributed by atoms with Gasteiger partial charge in [-0.15, -0.1) is 0 Å². The van der Waals surface area contributed by atoms with E-state index in [1.54, 1.807) is 24.3 Å². The van der Waals surface area contributed by atoms with Gasteiger partial charge in [0.15, 0.2) is 0 Å². The number of nitrogens with one attached hydrogen (secondary N) is 4. The number of hydrogen-bond donors (Lipinski definition) is 7. The molecular weight excluding hydrogens is 692 g/mol. The third-order valence-corrected chi connectivity index (χ3v) is 9.67. The molecule has 0 bridgehead atoms. The third-order valence-electron chi connectivity index (χ3n) is 9.67. The summed E-state index contributed by atoms with van der Waals surface area (Å²) in [7, 11) is 0. The summed E-state index contributed by atoms with van der Waals surface area (Å²) in [6.45, 7) is 0. The second kappa shape index (κ2) is 17.9. The van der Waals surface area contributed by atoms with Crippen molar-refractivity contribution in [1.82, 2.24) is 10.6 Å². The van der Waals surface area contributed by atoms with Crippen molar-refractivity contribution in [1.29, 1.82) is 0 Å². The van der Waals surface area contributed by atoms with Crippen LogP contribution in [0.4, 0.5) is 11.4 Å². The second-order valence-corrected chi connectivity index (χ2v) is 13.8. The molecule has 14 nitrogen and oxygen atoms in total. The van der Waals surface area contributed by atoms with E-state index < -0.39 is 71.2 Å². The molecule has 0 heterocycles. The van der Waals surface area contributed by atoms with Gasteiger partial charge in [0, 0.05) is 42.5 Å². The van der Waals surface area contributed by atoms with Crippen molar-refractivity contribution in [3.05, 3.63) is 84.9 Å². The van der Waals surface area contributed by atoms with E-state index in [2.05, 4.69) is 21.3 Å². The van der Waals surface area contributed by atoms with E-state index in [1.165, 1.54) is 0 Å². The van der Waals surface area contributed by atoms with Crippen LogP contribution in [0.2, 0.25) is 0 Å². The van der Waals surface area contributed by atoms with Crippen LogP contribution in [-0.2, 0) is 33.6 Å². The molecule has 4 aromatic rings. The zero-order valence-electron chi connectivity index (χ0n) is 29.6. The number of hydrogen-bond acceptors (Lipinski definition) is 7. The molecule has 0 radical (unpaired) electrons. The largest absolute Gasteiger partial charge is 0.481 e. The highest BCUT2D eigenvalue weighted by molar-refractivity contribution is 6.01. The van der Waals surface area contributed by atoms with Crippen molar-refractivity contribution < 1.29 is 38.7 Å². The number of rotatable bonds is 16. The van der Waals surface area contributed by atoms with Crippen molar-refractivity contribution in [3.63, 3.8) is 0 Å². The number of aliphatic carboxylic acids is 1. The average Bonchev–Trinajstić information content (AvgIpc) is 3.14. The summed E-state index contributed by atoms with van der Waals surface area (Å²) in [5.74, 6) is -7.12. The first kappa shape index (κ1) is 38.9. The smallest absolute Gasteiger partial charge is 0.303 e. The molecule has 1 fully saturated rings. The van der Waals surface area contributed by atoms with Gasteiger partial charge in [-0.1, -0.05) is 60.7 Å². The highest BCUT2D eigenvalue weighted by Crippen LogP contribution is 2.36. The first-order chi connectivity index (χ1) is 25.8. The lowest BCUT2D eigenvalue weighted by Gasteiger charge is -2.34. The highest BCUT2D eigenvalue weighted by atomic mass is 16.4. The number of anilines is 2. The Kier molecular flexibility index (Phi) is 12.9. The lowest BCUT2D eigenvalue weighted by Crippen LogP contribution is -2.50. The number of amides is 6.